The molecule has 0 saturated carbocycles. The number of hydrogen-bond acceptors (Lipinski definition) is 4. The Kier molecular flexibility index (Phi) is 6.53. The molecule has 6 nitrogen and oxygen atoms in total. The van der Waals surface area contributed by atoms with Crippen molar-refractivity contribution in [1.29, 1.82) is 0 Å². The summed E-state index contributed by atoms with van der Waals surface area (Å²) in [7, 11) is 1.71. The van der Waals surface area contributed by atoms with Crippen molar-refractivity contribution < 1.29 is 14.2 Å². The number of para-hydroxylation sites is 1. The van der Waals surface area contributed by atoms with Gasteiger partial charge >= 0.3 is 0 Å². The fraction of sp³-hybridized carbons (Fsp3) is 0.632. The van der Waals surface area contributed by atoms with Crippen LogP contribution in [0.2, 0.25) is 0 Å². The Hall–Kier alpha value is -1.79. The molecule has 0 spiro atoms. The van der Waals surface area contributed by atoms with E-state index in [1.54, 1.807) is 7.11 Å². The maximum Gasteiger partial charge on any atom is 0.194 e. The van der Waals surface area contributed by atoms with Crippen LogP contribution in [-0.4, -0.2) is 70.1 Å². The smallest absolute Gasteiger partial charge is 0.194 e. The van der Waals surface area contributed by atoms with Crippen LogP contribution in [0.3, 0.4) is 0 Å². The first-order valence-corrected chi connectivity index (χ1v) is 9.17. The Morgan fingerprint density at radius 2 is 2.24 bits per heavy atom. The molecule has 1 N–H and O–H groups in total. The van der Waals surface area contributed by atoms with Gasteiger partial charge in [0.15, 0.2) is 5.96 Å². The molecule has 0 amide bonds. The molecule has 1 aromatic rings. The van der Waals surface area contributed by atoms with Crippen LogP contribution in [0.25, 0.3) is 0 Å². The van der Waals surface area contributed by atoms with E-state index in [4.69, 9.17) is 19.2 Å². The number of benzene rings is 1. The van der Waals surface area contributed by atoms with Gasteiger partial charge in [0.2, 0.25) is 0 Å². The van der Waals surface area contributed by atoms with Crippen LogP contribution in [0.1, 0.15) is 24.8 Å². The van der Waals surface area contributed by atoms with E-state index in [1.165, 1.54) is 5.56 Å². The van der Waals surface area contributed by atoms with Crippen LogP contribution in [0.4, 0.5) is 0 Å². The first-order chi connectivity index (χ1) is 12.3. The molecule has 1 saturated heterocycles. The zero-order valence-electron chi connectivity index (χ0n) is 15.2. The van der Waals surface area contributed by atoms with Crippen LogP contribution >= 0.6 is 0 Å². The third-order valence-corrected chi connectivity index (χ3v) is 4.67. The molecule has 2 atom stereocenters. The van der Waals surface area contributed by atoms with E-state index in [9.17, 15) is 0 Å². The summed E-state index contributed by atoms with van der Waals surface area (Å²) >= 11 is 0. The van der Waals surface area contributed by atoms with Gasteiger partial charge in [-0.25, -0.2) is 0 Å². The average molecular weight is 347 g/mol. The number of morpholine rings is 1. The molecule has 2 aliphatic heterocycles. The number of methoxy groups -OCH3 is 1. The zero-order chi connectivity index (χ0) is 17.5. The van der Waals surface area contributed by atoms with Crippen molar-refractivity contribution in [3.8, 4) is 5.75 Å². The highest BCUT2D eigenvalue weighted by atomic mass is 16.5. The molecule has 1 fully saturated rings. The largest absolute Gasteiger partial charge is 0.493 e. The van der Waals surface area contributed by atoms with Crippen LogP contribution in [0.15, 0.2) is 29.3 Å². The minimum absolute atomic E-state index is 0.103. The number of aliphatic imine (C=N–C) groups is 1. The highest BCUT2D eigenvalue weighted by Gasteiger charge is 2.24. The molecule has 1 aromatic carbocycles. The standard InChI is InChI=1S/C19H29N3O3/c1-3-20-19(22-9-11-24-16(13-22)14-23-2)21-12-15-8-10-25-18-7-5-4-6-17(15)18/h4-7,15-16H,3,8-14H2,1-2H3,(H,20,21). The molecule has 2 aliphatic rings. The second kappa shape index (κ2) is 9.06. The van der Waals surface area contributed by atoms with E-state index in [0.29, 0.717) is 19.1 Å². The molecular formula is C19H29N3O3. The highest BCUT2D eigenvalue weighted by molar-refractivity contribution is 5.80. The third kappa shape index (κ3) is 4.64. The molecule has 0 radical (unpaired) electrons. The molecule has 0 bridgehead atoms. The highest BCUT2D eigenvalue weighted by Crippen LogP contribution is 2.33. The van der Waals surface area contributed by atoms with Crippen LogP contribution in [0, 0.1) is 0 Å². The molecule has 3 rings (SSSR count). The lowest BCUT2D eigenvalue weighted by molar-refractivity contribution is -0.0447. The molecule has 6 heteroatoms. The predicted octanol–water partition coefficient (Wildman–Crippen LogP) is 1.87. The van der Waals surface area contributed by atoms with E-state index in [-0.39, 0.29) is 6.10 Å². The lowest BCUT2D eigenvalue weighted by Crippen LogP contribution is -2.51. The van der Waals surface area contributed by atoms with Crippen molar-refractivity contribution in [3.05, 3.63) is 29.8 Å². The second-order valence-electron chi connectivity index (χ2n) is 6.46. The number of ether oxygens (including phenoxy) is 3. The van der Waals surface area contributed by atoms with E-state index < -0.39 is 0 Å². The molecule has 2 unspecified atom stereocenters. The Morgan fingerprint density at radius 3 is 3.08 bits per heavy atom. The van der Waals surface area contributed by atoms with Gasteiger partial charge in [0.1, 0.15) is 5.75 Å². The van der Waals surface area contributed by atoms with Gasteiger partial charge in [-0.2, -0.15) is 0 Å². The van der Waals surface area contributed by atoms with Crippen LogP contribution in [0.5, 0.6) is 5.75 Å². The van der Waals surface area contributed by atoms with Crippen molar-refractivity contribution in [3.63, 3.8) is 0 Å². The predicted molar refractivity (Wildman–Crippen MR) is 98.5 cm³/mol. The number of hydrogen-bond donors (Lipinski definition) is 1. The summed E-state index contributed by atoms with van der Waals surface area (Å²) in [5, 5.41) is 3.43. The fourth-order valence-corrected chi connectivity index (χ4v) is 3.43. The van der Waals surface area contributed by atoms with Gasteiger partial charge in [-0.05, 0) is 25.0 Å². The van der Waals surface area contributed by atoms with E-state index in [1.807, 2.05) is 12.1 Å². The van der Waals surface area contributed by atoms with Gasteiger partial charge in [0.05, 0.1) is 25.9 Å². The van der Waals surface area contributed by atoms with Crippen LogP contribution in [-0.2, 0) is 9.47 Å². The molecule has 138 valence electrons. The van der Waals surface area contributed by atoms with Gasteiger partial charge in [0.25, 0.3) is 0 Å². The van der Waals surface area contributed by atoms with Gasteiger partial charge < -0.3 is 24.4 Å². The van der Waals surface area contributed by atoms with Gasteiger partial charge in [-0.15, -0.1) is 0 Å². The number of rotatable bonds is 5. The number of nitrogens with zero attached hydrogens (tertiary/aromatic N) is 2. The SMILES string of the molecule is CCNC(=NCC1CCOc2ccccc21)N1CCOC(COC)C1. The molecule has 2 heterocycles. The molecule has 0 aliphatic carbocycles. The Balaban J connectivity index is 1.68. The summed E-state index contributed by atoms with van der Waals surface area (Å²) in [6, 6.07) is 8.31. The van der Waals surface area contributed by atoms with Crippen molar-refractivity contribution in [2.24, 2.45) is 4.99 Å². The molecule has 0 aromatic heterocycles. The lowest BCUT2D eigenvalue weighted by Gasteiger charge is -2.35. The summed E-state index contributed by atoms with van der Waals surface area (Å²) < 4.78 is 16.7. The second-order valence-corrected chi connectivity index (χ2v) is 6.46. The Labute approximate surface area is 150 Å². The van der Waals surface area contributed by atoms with E-state index in [0.717, 1.165) is 50.9 Å². The zero-order valence-corrected chi connectivity index (χ0v) is 15.2. The Bertz CT molecular complexity index is 577. The number of fused-ring (bicyclic) bond motifs is 1. The van der Waals surface area contributed by atoms with Gasteiger partial charge in [-0.3, -0.25) is 4.99 Å². The van der Waals surface area contributed by atoms with Crippen molar-refractivity contribution in [1.82, 2.24) is 10.2 Å². The van der Waals surface area contributed by atoms with Gasteiger partial charge in [-0.1, -0.05) is 18.2 Å². The maximum atomic E-state index is 5.76. The van der Waals surface area contributed by atoms with Gasteiger partial charge in [0, 0.05) is 39.2 Å². The summed E-state index contributed by atoms with van der Waals surface area (Å²) in [6.45, 7) is 7.49. The minimum atomic E-state index is 0.103. The average Bonchev–Trinajstić information content (AvgIpc) is 2.65. The van der Waals surface area contributed by atoms with E-state index in [2.05, 4.69) is 29.3 Å². The number of guanidine groups is 1. The molecular weight excluding hydrogens is 318 g/mol. The van der Waals surface area contributed by atoms with Crippen molar-refractivity contribution in [2.75, 3.05) is 53.1 Å². The minimum Gasteiger partial charge on any atom is -0.493 e. The van der Waals surface area contributed by atoms with Crippen LogP contribution < -0.4 is 10.1 Å². The maximum absolute atomic E-state index is 5.76. The first-order valence-electron chi connectivity index (χ1n) is 9.17. The summed E-state index contributed by atoms with van der Waals surface area (Å²) in [5.74, 6) is 2.38. The Morgan fingerprint density at radius 1 is 1.36 bits per heavy atom. The monoisotopic (exact) mass is 347 g/mol. The fourth-order valence-electron chi connectivity index (χ4n) is 3.43. The normalized spacial score (nSPS) is 23.8. The quantitative estimate of drug-likeness (QED) is 0.651. The van der Waals surface area contributed by atoms with Crippen molar-refractivity contribution in [2.45, 2.75) is 25.4 Å². The molecule has 25 heavy (non-hydrogen) atoms. The summed E-state index contributed by atoms with van der Waals surface area (Å²) in [6.07, 6.45) is 1.11. The topological polar surface area (TPSA) is 55.3 Å². The van der Waals surface area contributed by atoms with E-state index >= 15 is 0 Å². The summed E-state index contributed by atoms with van der Waals surface area (Å²) in [5.41, 5.74) is 1.27. The third-order valence-electron chi connectivity index (χ3n) is 4.67. The lowest BCUT2D eigenvalue weighted by atomic mass is 9.93. The first kappa shape index (κ1) is 18.0. The number of nitrogens with one attached hydrogen (secondary N) is 1. The van der Waals surface area contributed by atoms with Crippen molar-refractivity contribution >= 4 is 5.96 Å². The summed E-state index contributed by atoms with van der Waals surface area (Å²) in [4.78, 5) is 7.21.